The predicted molar refractivity (Wildman–Crippen MR) is 64.8 cm³/mol. The number of rotatable bonds is 4. The number of nitrogens with one attached hydrogen (secondary N) is 1. The third kappa shape index (κ3) is 2.44. The summed E-state index contributed by atoms with van der Waals surface area (Å²) in [6.45, 7) is 2.75. The maximum atomic E-state index is 11.8. The van der Waals surface area contributed by atoms with Gasteiger partial charge in [-0.2, -0.15) is 0 Å². The number of carbonyl (C=O) groups excluding carboxylic acids is 1. The second kappa shape index (κ2) is 4.97. The van der Waals surface area contributed by atoms with Crippen molar-refractivity contribution in [3.63, 3.8) is 0 Å². The van der Waals surface area contributed by atoms with Gasteiger partial charge >= 0.3 is 0 Å². The van der Waals surface area contributed by atoms with Crippen molar-refractivity contribution in [1.29, 1.82) is 0 Å². The number of aliphatic hydroxyl groups excluding tert-OH is 1. The molecule has 0 saturated heterocycles. The van der Waals surface area contributed by atoms with Gasteiger partial charge in [0.25, 0.3) is 5.91 Å². The fourth-order valence-corrected chi connectivity index (χ4v) is 2.91. The Balaban J connectivity index is 1.84. The van der Waals surface area contributed by atoms with E-state index in [9.17, 15) is 4.79 Å². The van der Waals surface area contributed by atoms with E-state index in [2.05, 4.69) is 12.2 Å². The molecule has 1 aromatic heterocycles. The third-order valence-corrected chi connectivity index (χ3v) is 4.05. The van der Waals surface area contributed by atoms with Crippen LogP contribution in [0.4, 0.5) is 0 Å². The highest BCUT2D eigenvalue weighted by atomic mass is 32.1. The van der Waals surface area contributed by atoms with Crippen molar-refractivity contribution in [2.45, 2.75) is 32.3 Å². The van der Waals surface area contributed by atoms with Gasteiger partial charge < -0.3 is 10.4 Å². The lowest BCUT2D eigenvalue weighted by Crippen LogP contribution is -2.38. The minimum Gasteiger partial charge on any atom is -0.393 e. The normalized spacial score (nSPS) is 23.9. The Morgan fingerprint density at radius 2 is 2.38 bits per heavy atom. The van der Waals surface area contributed by atoms with Gasteiger partial charge in [0.1, 0.15) is 0 Å². The standard InChI is InChI=1S/C12H17NO2S/c1-2-9-3-4-16-11(9)12(15)13-7-8-5-10(14)6-8/h3-4,8,10,14H,2,5-7H2,1H3,(H,13,15). The molecule has 0 aliphatic heterocycles. The number of amides is 1. The first-order valence-electron chi connectivity index (χ1n) is 5.73. The van der Waals surface area contributed by atoms with Gasteiger partial charge in [-0.3, -0.25) is 4.79 Å². The number of hydrogen-bond donors (Lipinski definition) is 2. The molecule has 1 saturated carbocycles. The zero-order valence-corrected chi connectivity index (χ0v) is 10.2. The largest absolute Gasteiger partial charge is 0.393 e. The third-order valence-electron chi connectivity index (χ3n) is 3.10. The van der Waals surface area contributed by atoms with Crippen LogP contribution in [-0.4, -0.2) is 23.7 Å². The highest BCUT2D eigenvalue weighted by molar-refractivity contribution is 7.12. The number of hydrogen-bond acceptors (Lipinski definition) is 3. The Morgan fingerprint density at radius 3 is 3.00 bits per heavy atom. The number of aliphatic hydroxyl groups is 1. The molecule has 0 bridgehead atoms. The Bertz CT molecular complexity index is 369. The van der Waals surface area contributed by atoms with Crippen molar-refractivity contribution < 1.29 is 9.90 Å². The van der Waals surface area contributed by atoms with E-state index in [1.54, 1.807) is 0 Å². The van der Waals surface area contributed by atoms with E-state index in [1.807, 2.05) is 11.4 Å². The summed E-state index contributed by atoms with van der Waals surface area (Å²) in [6.07, 6.45) is 2.40. The molecule has 4 heteroatoms. The van der Waals surface area contributed by atoms with E-state index >= 15 is 0 Å². The van der Waals surface area contributed by atoms with Gasteiger partial charge in [-0.05, 0) is 42.2 Å². The molecule has 1 aliphatic carbocycles. The molecule has 0 unspecified atom stereocenters. The van der Waals surface area contributed by atoms with Gasteiger partial charge in [-0.15, -0.1) is 11.3 Å². The maximum absolute atomic E-state index is 11.8. The van der Waals surface area contributed by atoms with Crippen LogP contribution in [0.5, 0.6) is 0 Å². The summed E-state index contributed by atoms with van der Waals surface area (Å²) >= 11 is 1.50. The minimum atomic E-state index is -0.144. The lowest BCUT2D eigenvalue weighted by molar-refractivity contribution is 0.0420. The summed E-state index contributed by atoms with van der Waals surface area (Å²) in [5, 5.41) is 14.0. The average molecular weight is 239 g/mol. The summed E-state index contributed by atoms with van der Waals surface area (Å²) in [5.74, 6) is 0.497. The lowest BCUT2D eigenvalue weighted by atomic mass is 9.82. The van der Waals surface area contributed by atoms with Crippen molar-refractivity contribution in [1.82, 2.24) is 5.32 Å². The lowest BCUT2D eigenvalue weighted by Gasteiger charge is -2.31. The van der Waals surface area contributed by atoms with Crippen LogP contribution in [0.25, 0.3) is 0 Å². The van der Waals surface area contributed by atoms with Crippen LogP contribution in [-0.2, 0) is 6.42 Å². The van der Waals surface area contributed by atoms with Crippen LogP contribution >= 0.6 is 11.3 Å². The van der Waals surface area contributed by atoms with E-state index in [4.69, 9.17) is 5.11 Å². The van der Waals surface area contributed by atoms with Crippen molar-refractivity contribution >= 4 is 17.2 Å². The van der Waals surface area contributed by atoms with Gasteiger partial charge in [-0.1, -0.05) is 6.92 Å². The smallest absolute Gasteiger partial charge is 0.261 e. The van der Waals surface area contributed by atoms with E-state index in [1.165, 1.54) is 11.3 Å². The van der Waals surface area contributed by atoms with Crippen LogP contribution in [0.2, 0.25) is 0 Å². The molecule has 3 nitrogen and oxygen atoms in total. The quantitative estimate of drug-likeness (QED) is 0.842. The van der Waals surface area contributed by atoms with E-state index in [0.29, 0.717) is 12.5 Å². The molecule has 0 spiro atoms. The highest BCUT2D eigenvalue weighted by Gasteiger charge is 2.27. The highest BCUT2D eigenvalue weighted by Crippen LogP contribution is 2.26. The molecule has 0 aromatic carbocycles. The second-order valence-corrected chi connectivity index (χ2v) is 5.25. The summed E-state index contributed by atoms with van der Waals surface area (Å²) in [7, 11) is 0. The predicted octanol–water partition coefficient (Wildman–Crippen LogP) is 1.81. The first-order chi connectivity index (χ1) is 7.70. The van der Waals surface area contributed by atoms with Crippen molar-refractivity contribution in [2.75, 3.05) is 6.54 Å². The second-order valence-electron chi connectivity index (χ2n) is 4.33. The summed E-state index contributed by atoms with van der Waals surface area (Å²) < 4.78 is 0. The van der Waals surface area contributed by atoms with Gasteiger partial charge in [-0.25, -0.2) is 0 Å². The Morgan fingerprint density at radius 1 is 1.62 bits per heavy atom. The summed E-state index contributed by atoms with van der Waals surface area (Å²) in [4.78, 5) is 12.7. The molecule has 2 rings (SSSR count). The van der Waals surface area contributed by atoms with E-state index in [-0.39, 0.29) is 12.0 Å². The number of thiophene rings is 1. The topological polar surface area (TPSA) is 49.3 Å². The first-order valence-corrected chi connectivity index (χ1v) is 6.61. The molecule has 16 heavy (non-hydrogen) atoms. The summed E-state index contributed by atoms with van der Waals surface area (Å²) in [5.41, 5.74) is 1.12. The molecule has 1 aliphatic rings. The Hall–Kier alpha value is -0.870. The van der Waals surface area contributed by atoms with Crippen molar-refractivity contribution in [3.05, 3.63) is 21.9 Å². The maximum Gasteiger partial charge on any atom is 0.261 e. The molecule has 1 aromatic rings. The zero-order chi connectivity index (χ0) is 11.5. The fourth-order valence-electron chi connectivity index (χ4n) is 2.00. The molecule has 1 amide bonds. The Labute approximate surface area is 99.5 Å². The minimum absolute atomic E-state index is 0.0354. The number of carbonyl (C=O) groups is 1. The summed E-state index contributed by atoms with van der Waals surface area (Å²) in [6, 6.07) is 2.01. The van der Waals surface area contributed by atoms with E-state index in [0.717, 1.165) is 29.7 Å². The zero-order valence-electron chi connectivity index (χ0n) is 9.40. The Kier molecular flexibility index (Phi) is 3.61. The molecule has 0 radical (unpaired) electrons. The van der Waals surface area contributed by atoms with Crippen molar-refractivity contribution in [2.24, 2.45) is 5.92 Å². The molecular formula is C12H17NO2S. The molecule has 1 fully saturated rings. The fraction of sp³-hybridized carbons (Fsp3) is 0.583. The molecule has 1 heterocycles. The van der Waals surface area contributed by atoms with Gasteiger partial charge in [0.15, 0.2) is 0 Å². The van der Waals surface area contributed by atoms with Crippen LogP contribution in [0.1, 0.15) is 35.0 Å². The van der Waals surface area contributed by atoms with Gasteiger partial charge in [0.2, 0.25) is 0 Å². The molecule has 0 atom stereocenters. The molecular weight excluding hydrogens is 222 g/mol. The SMILES string of the molecule is CCc1ccsc1C(=O)NCC1CC(O)C1. The monoisotopic (exact) mass is 239 g/mol. The molecule has 88 valence electrons. The van der Waals surface area contributed by atoms with Crippen molar-refractivity contribution in [3.8, 4) is 0 Å². The van der Waals surface area contributed by atoms with Gasteiger partial charge in [0.05, 0.1) is 11.0 Å². The molecule has 2 N–H and O–H groups in total. The van der Waals surface area contributed by atoms with Crippen LogP contribution in [0.3, 0.4) is 0 Å². The van der Waals surface area contributed by atoms with Gasteiger partial charge in [0, 0.05) is 6.54 Å². The number of aryl methyl sites for hydroxylation is 1. The van der Waals surface area contributed by atoms with E-state index < -0.39 is 0 Å². The van der Waals surface area contributed by atoms with Crippen LogP contribution in [0, 0.1) is 5.92 Å². The van der Waals surface area contributed by atoms with Crippen LogP contribution in [0.15, 0.2) is 11.4 Å². The van der Waals surface area contributed by atoms with Crippen LogP contribution < -0.4 is 5.32 Å². The average Bonchev–Trinajstić information content (AvgIpc) is 2.70. The first kappa shape index (κ1) is 11.6.